The fourth-order valence-electron chi connectivity index (χ4n) is 1.95. The van der Waals surface area contributed by atoms with Crippen molar-refractivity contribution in [3.8, 4) is 6.07 Å². The van der Waals surface area contributed by atoms with Crippen LogP contribution < -0.4 is 0 Å². The Kier molecular flexibility index (Phi) is 1.80. The first-order chi connectivity index (χ1) is 5.87. The number of hydrogen-bond donors (Lipinski definition) is 0. The minimum atomic E-state index is -0.125. The monoisotopic (exact) mass is 163 g/mol. The number of ether oxygens (including phenoxy) is 1. The topological polar surface area (TPSA) is 33.0 Å². The first-order valence-electron chi connectivity index (χ1n) is 4.60. The molecule has 0 aromatic heterocycles. The molecule has 2 nitrogen and oxygen atoms in total. The zero-order valence-electron chi connectivity index (χ0n) is 7.18. The largest absolute Gasteiger partial charge is 0.501 e. The molecule has 0 spiro atoms. The van der Waals surface area contributed by atoms with Gasteiger partial charge in [0.2, 0.25) is 0 Å². The Hall–Kier alpha value is -0.970. The van der Waals surface area contributed by atoms with Crippen LogP contribution in [-0.2, 0) is 4.74 Å². The van der Waals surface area contributed by atoms with E-state index in [2.05, 4.69) is 6.07 Å². The summed E-state index contributed by atoms with van der Waals surface area (Å²) in [4.78, 5) is 0. The molecule has 1 aliphatic heterocycles. The Morgan fingerprint density at radius 3 is 2.67 bits per heavy atom. The molecule has 0 unspecified atom stereocenters. The maximum Gasteiger partial charge on any atom is 0.0876 e. The molecule has 2 aliphatic rings. The van der Waals surface area contributed by atoms with Crippen LogP contribution in [-0.4, -0.2) is 6.61 Å². The molecule has 0 saturated heterocycles. The van der Waals surface area contributed by atoms with Crippen molar-refractivity contribution in [2.24, 2.45) is 5.41 Å². The maximum atomic E-state index is 9.04. The van der Waals surface area contributed by atoms with E-state index in [1.807, 2.05) is 6.26 Å². The van der Waals surface area contributed by atoms with E-state index in [1.165, 1.54) is 12.0 Å². The quantitative estimate of drug-likeness (QED) is 0.594. The van der Waals surface area contributed by atoms with Gasteiger partial charge in [-0.1, -0.05) is 0 Å². The third-order valence-corrected chi connectivity index (χ3v) is 2.97. The lowest BCUT2D eigenvalue weighted by Gasteiger charge is -2.38. The van der Waals surface area contributed by atoms with Crippen LogP contribution in [0.1, 0.15) is 32.1 Å². The van der Waals surface area contributed by atoms with Gasteiger partial charge in [-0.05, 0) is 37.7 Å². The van der Waals surface area contributed by atoms with Gasteiger partial charge in [0.25, 0.3) is 0 Å². The maximum absolute atomic E-state index is 9.04. The van der Waals surface area contributed by atoms with E-state index in [0.717, 1.165) is 32.3 Å². The Morgan fingerprint density at radius 2 is 2.25 bits per heavy atom. The average Bonchev–Trinajstić information content (AvgIpc) is 2.05. The van der Waals surface area contributed by atoms with Gasteiger partial charge in [-0.3, -0.25) is 0 Å². The Balaban J connectivity index is 2.16. The van der Waals surface area contributed by atoms with E-state index in [4.69, 9.17) is 10.00 Å². The van der Waals surface area contributed by atoms with Gasteiger partial charge in [-0.15, -0.1) is 0 Å². The molecular formula is C10H13NO. The third-order valence-electron chi connectivity index (χ3n) is 2.97. The second-order valence-corrected chi connectivity index (χ2v) is 3.66. The van der Waals surface area contributed by atoms with Gasteiger partial charge in [0.05, 0.1) is 24.4 Å². The molecule has 1 saturated carbocycles. The van der Waals surface area contributed by atoms with Crippen LogP contribution >= 0.6 is 0 Å². The molecule has 0 aromatic carbocycles. The fraction of sp³-hybridized carbons (Fsp3) is 0.700. The van der Waals surface area contributed by atoms with Crippen molar-refractivity contribution in [2.45, 2.75) is 32.1 Å². The van der Waals surface area contributed by atoms with E-state index in [-0.39, 0.29) is 5.41 Å². The van der Waals surface area contributed by atoms with Gasteiger partial charge in [0, 0.05) is 0 Å². The number of rotatable bonds is 1. The van der Waals surface area contributed by atoms with Crippen LogP contribution in [0.25, 0.3) is 0 Å². The molecule has 0 N–H and O–H groups in total. The molecule has 2 heteroatoms. The minimum Gasteiger partial charge on any atom is -0.501 e. The van der Waals surface area contributed by atoms with Gasteiger partial charge in [0.15, 0.2) is 0 Å². The Morgan fingerprint density at radius 1 is 1.42 bits per heavy atom. The van der Waals surface area contributed by atoms with Crippen molar-refractivity contribution in [1.29, 1.82) is 5.26 Å². The molecule has 1 aliphatic carbocycles. The smallest absolute Gasteiger partial charge is 0.0876 e. The zero-order valence-corrected chi connectivity index (χ0v) is 7.18. The van der Waals surface area contributed by atoms with E-state index < -0.39 is 0 Å². The van der Waals surface area contributed by atoms with Crippen molar-refractivity contribution in [2.75, 3.05) is 6.61 Å². The Bertz CT molecular complexity index is 245. The third kappa shape index (κ3) is 1.01. The molecule has 0 bridgehead atoms. The molecule has 0 radical (unpaired) electrons. The number of allylic oxidation sites excluding steroid dienone is 1. The van der Waals surface area contributed by atoms with Crippen molar-refractivity contribution < 1.29 is 4.74 Å². The molecule has 12 heavy (non-hydrogen) atoms. The first kappa shape index (κ1) is 7.67. The highest BCUT2D eigenvalue weighted by Crippen LogP contribution is 2.48. The second kappa shape index (κ2) is 2.82. The number of nitriles is 1. The summed E-state index contributed by atoms with van der Waals surface area (Å²) in [6.07, 6.45) is 7.25. The molecule has 1 fully saturated rings. The molecular weight excluding hydrogens is 150 g/mol. The lowest BCUT2D eigenvalue weighted by Crippen LogP contribution is -2.31. The molecule has 0 amide bonds. The number of hydrogen-bond acceptors (Lipinski definition) is 2. The van der Waals surface area contributed by atoms with E-state index in [9.17, 15) is 0 Å². The minimum absolute atomic E-state index is 0.125. The van der Waals surface area contributed by atoms with Crippen LogP contribution in [0, 0.1) is 16.7 Å². The highest BCUT2D eigenvalue weighted by Gasteiger charge is 2.41. The fourth-order valence-corrected chi connectivity index (χ4v) is 1.95. The van der Waals surface area contributed by atoms with Gasteiger partial charge >= 0.3 is 0 Å². The molecule has 2 rings (SSSR count). The molecule has 64 valence electrons. The summed E-state index contributed by atoms with van der Waals surface area (Å²) < 4.78 is 5.25. The highest BCUT2D eigenvalue weighted by atomic mass is 16.5. The van der Waals surface area contributed by atoms with Crippen molar-refractivity contribution in [3.63, 3.8) is 0 Å². The summed E-state index contributed by atoms with van der Waals surface area (Å²) in [5.74, 6) is 0. The molecule has 0 atom stereocenters. The predicted octanol–water partition coefficient (Wildman–Crippen LogP) is 2.37. The van der Waals surface area contributed by atoms with Crippen molar-refractivity contribution in [3.05, 3.63) is 11.8 Å². The average molecular weight is 163 g/mol. The van der Waals surface area contributed by atoms with Crippen LogP contribution in [0.2, 0.25) is 0 Å². The lowest BCUT2D eigenvalue weighted by atomic mass is 9.64. The van der Waals surface area contributed by atoms with Crippen molar-refractivity contribution in [1.82, 2.24) is 0 Å². The molecule has 0 aromatic rings. The highest BCUT2D eigenvalue weighted by molar-refractivity contribution is 5.26. The standard InChI is InChI=1S/C10H13NO/c11-8-10(4-2-5-10)9-3-1-6-12-7-9/h7H,1-6H2. The summed E-state index contributed by atoms with van der Waals surface area (Å²) in [5.41, 5.74) is 1.11. The lowest BCUT2D eigenvalue weighted by molar-refractivity contribution is 0.184. The van der Waals surface area contributed by atoms with Crippen LogP contribution in [0.3, 0.4) is 0 Å². The van der Waals surface area contributed by atoms with Crippen LogP contribution in [0.4, 0.5) is 0 Å². The van der Waals surface area contributed by atoms with Gasteiger partial charge in [-0.25, -0.2) is 0 Å². The Labute approximate surface area is 72.8 Å². The van der Waals surface area contributed by atoms with Crippen LogP contribution in [0.15, 0.2) is 11.8 Å². The van der Waals surface area contributed by atoms with Gasteiger partial charge in [-0.2, -0.15) is 5.26 Å². The summed E-state index contributed by atoms with van der Waals surface area (Å²) in [5, 5.41) is 9.04. The summed E-state index contributed by atoms with van der Waals surface area (Å²) in [7, 11) is 0. The van der Waals surface area contributed by atoms with Crippen molar-refractivity contribution >= 4 is 0 Å². The van der Waals surface area contributed by atoms with Crippen LogP contribution in [0.5, 0.6) is 0 Å². The summed E-state index contributed by atoms with van der Waals surface area (Å²) >= 11 is 0. The summed E-state index contributed by atoms with van der Waals surface area (Å²) in [6, 6.07) is 2.44. The SMILES string of the molecule is N#CC1(C2=COCCC2)CCC1. The first-order valence-corrected chi connectivity index (χ1v) is 4.60. The van der Waals surface area contributed by atoms with E-state index in [0.29, 0.717) is 0 Å². The van der Waals surface area contributed by atoms with E-state index in [1.54, 1.807) is 0 Å². The van der Waals surface area contributed by atoms with Gasteiger partial charge in [0.1, 0.15) is 0 Å². The number of nitrogens with zero attached hydrogens (tertiary/aromatic N) is 1. The van der Waals surface area contributed by atoms with Gasteiger partial charge < -0.3 is 4.74 Å². The van der Waals surface area contributed by atoms with E-state index >= 15 is 0 Å². The predicted molar refractivity (Wildman–Crippen MR) is 45.2 cm³/mol. The summed E-state index contributed by atoms with van der Waals surface area (Å²) in [6.45, 7) is 0.824. The molecule has 1 heterocycles. The normalized spacial score (nSPS) is 26.1. The second-order valence-electron chi connectivity index (χ2n) is 3.66. The zero-order chi connectivity index (χ0) is 8.44.